The molecule has 5 heteroatoms. The number of hydrogen-bond donors (Lipinski definition) is 1. The van der Waals surface area contributed by atoms with Gasteiger partial charge in [0, 0.05) is 32.7 Å². The fourth-order valence-corrected chi connectivity index (χ4v) is 2.95. The second-order valence-electron chi connectivity index (χ2n) is 5.80. The number of benzene rings is 1. The second-order valence-corrected chi connectivity index (χ2v) is 5.80. The smallest absolute Gasteiger partial charge is 0.231 e. The van der Waals surface area contributed by atoms with E-state index in [1.54, 1.807) is 0 Å². The zero-order valence-electron chi connectivity index (χ0n) is 12.6. The number of nitrogens with two attached hydrogens (primary N) is 1. The van der Waals surface area contributed by atoms with E-state index in [9.17, 15) is 0 Å². The highest BCUT2D eigenvalue weighted by molar-refractivity contribution is 5.44. The number of hydrogen-bond acceptors (Lipinski definition) is 5. The molecule has 21 heavy (non-hydrogen) atoms. The SMILES string of the molecule is NCCCCN1CCN(Cc2ccc3c(c2)OCO3)CC1. The Morgan fingerprint density at radius 1 is 0.952 bits per heavy atom. The van der Waals surface area contributed by atoms with E-state index in [4.69, 9.17) is 15.2 Å². The average Bonchev–Trinajstić information content (AvgIpc) is 2.97. The summed E-state index contributed by atoms with van der Waals surface area (Å²) in [5, 5.41) is 0. The molecule has 0 aliphatic carbocycles. The normalized spacial score (nSPS) is 19.1. The largest absolute Gasteiger partial charge is 0.454 e. The van der Waals surface area contributed by atoms with Crippen molar-refractivity contribution >= 4 is 0 Å². The molecule has 2 N–H and O–H groups in total. The number of rotatable bonds is 6. The zero-order valence-corrected chi connectivity index (χ0v) is 12.6. The number of ether oxygens (including phenoxy) is 2. The summed E-state index contributed by atoms with van der Waals surface area (Å²) in [7, 11) is 0. The van der Waals surface area contributed by atoms with Gasteiger partial charge >= 0.3 is 0 Å². The Bertz CT molecular complexity index is 459. The van der Waals surface area contributed by atoms with E-state index in [1.807, 2.05) is 6.07 Å². The molecule has 0 saturated carbocycles. The first-order chi connectivity index (χ1) is 10.3. The van der Waals surface area contributed by atoms with Gasteiger partial charge in [0.2, 0.25) is 6.79 Å². The van der Waals surface area contributed by atoms with Crippen LogP contribution in [0.25, 0.3) is 0 Å². The van der Waals surface area contributed by atoms with Crippen molar-refractivity contribution in [3.63, 3.8) is 0 Å². The monoisotopic (exact) mass is 291 g/mol. The molecule has 2 heterocycles. The molecule has 2 aliphatic rings. The number of fused-ring (bicyclic) bond motifs is 1. The van der Waals surface area contributed by atoms with E-state index in [-0.39, 0.29) is 0 Å². The first kappa shape index (κ1) is 14.6. The van der Waals surface area contributed by atoms with Crippen LogP contribution in [0.5, 0.6) is 11.5 Å². The maximum absolute atomic E-state index is 5.54. The third kappa shape index (κ3) is 3.87. The average molecular weight is 291 g/mol. The van der Waals surface area contributed by atoms with Gasteiger partial charge < -0.3 is 20.1 Å². The summed E-state index contributed by atoms with van der Waals surface area (Å²) < 4.78 is 10.8. The highest BCUT2D eigenvalue weighted by atomic mass is 16.7. The minimum Gasteiger partial charge on any atom is -0.454 e. The van der Waals surface area contributed by atoms with Gasteiger partial charge in [0.15, 0.2) is 11.5 Å². The van der Waals surface area contributed by atoms with Crippen molar-refractivity contribution < 1.29 is 9.47 Å². The summed E-state index contributed by atoms with van der Waals surface area (Å²) in [4.78, 5) is 5.06. The van der Waals surface area contributed by atoms with E-state index in [2.05, 4.69) is 21.9 Å². The van der Waals surface area contributed by atoms with Crippen molar-refractivity contribution in [3.8, 4) is 11.5 Å². The molecule has 1 aromatic rings. The second kappa shape index (κ2) is 7.11. The maximum Gasteiger partial charge on any atom is 0.231 e. The molecule has 1 saturated heterocycles. The molecule has 3 rings (SSSR count). The van der Waals surface area contributed by atoms with Gasteiger partial charge in [0.05, 0.1) is 0 Å². The molecular weight excluding hydrogens is 266 g/mol. The quantitative estimate of drug-likeness (QED) is 0.800. The molecule has 0 unspecified atom stereocenters. The Labute approximate surface area is 126 Å². The van der Waals surface area contributed by atoms with Gasteiger partial charge in [-0.05, 0) is 43.6 Å². The van der Waals surface area contributed by atoms with E-state index >= 15 is 0 Å². The van der Waals surface area contributed by atoms with Crippen molar-refractivity contribution in [2.24, 2.45) is 5.73 Å². The van der Waals surface area contributed by atoms with Crippen LogP contribution in [0.1, 0.15) is 18.4 Å². The predicted molar refractivity (Wildman–Crippen MR) is 82.6 cm³/mol. The van der Waals surface area contributed by atoms with Crippen LogP contribution >= 0.6 is 0 Å². The van der Waals surface area contributed by atoms with Gasteiger partial charge in [-0.25, -0.2) is 0 Å². The maximum atomic E-state index is 5.54. The Kier molecular flexibility index (Phi) is 4.95. The van der Waals surface area contributed by atoms with Crippen LogP contribution < -0.4 is 15.2 Å². The minimum atomic E-state index is 0.347. The lowest BCUT2D eigenvalue weighted by Crippen LogP contribution is -2.46. The third-order valence-corrected chi connectivity index (χ3v) is 4.24. The molecule has 5 nitrogen and oxygen atoms in total. The topological polar surface area (TPSA) is 51.0 Å². The van der Waals surface area contributed by atoms with Crippen molar-refractivity contribution in [3.05, 3.63) is 23.8 Å². The standard InChI is InChI=1S/C16H25N3O2/c17-5-1-2-6-18-7-9-19(10-8-18)12-14-3-4-15-16(11-14)21-13-20-15/h3-4,11H,1-2,5-10,12-13,17H2. The minimum absolute atomic E-state index is 0.347. The lowest BCUT2D eigenvalue weighted by Gasteiger charge is -2.34. The molecule has 116 valence electrons. The van der Waals surface area contributed by atoms with Gasteiger partial charge in [0.25, 0.3) is 0 Å². The Hall–Kier alpha value is -1.30. The summed E-state index contributed by atoms with van der Waals surface area (Å²) in [6.07, 6.45) is 2.36. The van der Waals surface area contributed by atoms with Crippen LogP contribution in [-0.4, -0.2) is 55.9 Å². The summed E-state index contributed by atoms with van der Waals surface area (Å²) >= 11 is 0. The molecule has 0 amide bonds. The van der Waals surface area contributed by atoms with Crippen LogP contribution in [0, 0.1) is 0 Å². The molecule has 0 bridgehead atoms. The predicted octanol–water partition coefficient (Wildman–Crippen LogP) is 1.27. The lowest BCUT2D eigenvalue weighted by molar-refractivity contribution is 0.126. The van der Waals surface area contributed by atoms with Gasteiger partial charge in [-0.1, -0.05) is 6.07 Å². The van der Waals surface area contributed by atoms with Crippen molar-refractivity contribution in [1.29, 1.82) is 0 Å². The van der Waals surface area contributed by atoms with E-state index < -0.39 is 0 Å². The van der Waals surface area contributed by atoms with Gasteiger partial charge in [-0.15, -0.1) is 0 Å². The first-order valence-corrected chi connectivity index (χ1v) is 7.88. The fraction of sp³-hybridized carbons (Fsp3) is 0.625. The van der Waals surface area contributed by atoms with Gasteiger partial charge in [0.1, 0.15) is 0 Å². The molecule has 0 atom stereocenters. The van der Waals surface area contributed by atoms with E-state index in [1.165, 1.54) is 18.5 Å². The van der Waals surface area contributed by atoms with Crippen LogP contribution in [0.15, 0.2) is 18.2 Å². The Morgan fingerprint density at radius 3 is 2.52 bits per heavy atom. The molecule has 1 aromatic carbocycles. The number of nitrogens with zero attached hydrogens (tertiary/aromatic N) is 2. The lowest BCUT2D eigenvalue weighted by atomic mass is 10.1. The van der Waals surface area contributed by atoms with Crippen LogP contribution in [0.3, 0.4) is 0 Å². The summed E-state index contributed by atoms with van der Waals surface area (Å²) in [5.41, 5.74) is 6.85. The molecule has 1 fully saturated rings. The summed E-state index contributed by atoms with van der Waals surface area (Å²) in [6, 6.07) is 6.26. The van der Waals surface area contributed by atoms with Crippen molar-refractivity contribution in [2.75, 3.05) is 46.1 Å². The molecule has 0 spiro atoms. The highest BCUT2D eigenvalue weighted by Crippen LogP contribution is 2.32. The van der Waals surface area contributed by atoms with Crippen LogP contribution in [-0.2, 0) is 6.54 Å². The molecule has 0 aromatic heterocycles. The van der Waals surface area contributed by atoms with Gasteiger partial charge in [-0.2, -0.15) is 0 Å². The molecular formula is C16H25N3O2. The van der Waals surface area contributed by atoms with E-state index in [0.717, 1.165) is 57.2 Å². The van der Waals surface area contributed by atoms with Gasteiger partial charge in [-0.3, -0.25) is 4.90 Å². The Morgan fingerprint density at radius 2 is 1.71 bits per heavy atom. The Balaban J connectivity index is 1.45. The number of unbranched alkanes of at least 4 members (excludes halogenated alkanes) is 1. The van der Waals surface area contributed by atoms with E-state index in [0.29, 0.717) is 6.79 Å². The zero-order chi connectivity index (χ0) is 14.5. The first-order valence-electron chi connectivity index (χ1n) is 7.88. The number of piperazine rings is 1. The summed E-state index contributed by atoms with van der Waals surface area (Å²) in [5.74, 6) is 1.75. The highest BCUT2D eigenvalue weighted by Gasteiger charge is 2.18. The van der Waals surface area contributed by atoms with Crippen LogP contribution in [0.2, 0.25) is 0 Å². The fourth-order valence-electron chi connectivity index (χ4n) is 2.95. The van der Waals surface area contributed by atoms with Crippen molar-refractivity contribution in [2.45, 2.75) is 19.4 Å². The van der Waals surface area contributed by atoms with Crippen LogP contribution in [0.4, 0.5) is 0 Å². The molecule has 2 aliphatic heterocycles. The van der Waals surface area contributed by atoms with Crippen molar-refractivity contribution in [1.82, 2.24) is 9.80 Å². The molecule has 0 radical (unpaired) electrons. The summed E-state index contributed by atoms with van der Waals surface area (Å²) in [6.45, 7) is 7.94. The third-order valence-electron chi connectivity index (χ3n) is 4.24.